The molecule has 2 aromatic carbocycles. The molecule has 0 atom stereocenters. The number of hydrogen-bond acceptors (Lipinski definition) is 2. The van der Waals surface area contributed by atoms with Gasteiger partial charge in [0, 0.05) is 41.4 Å². The topological polar surface area (TPSA) is 53.9 Å². The van der Waals surface area contributed by atoms with Crippen LogP contribution in [0.1, 0.15) is 52.5 Å². The van der Waals surface area contributed by atoms with Crippen molar-refractivity contribution in [3.63, 3.8) is 0 Å². The van der Waals surface area contributed by atoms with Crippen molar-refractivity contribution < 1.29 is 9.18 Å². The maximum atomic E-state index is 13.4. The molecule has 6 rings (SSSR count). The molecule has 2 aromatic heterocycles. The van der Waals surface area contributed by atoms with Gasteiger partial charge in [-0.1, -0.05) is 18.2 Å². The van der Waals surface area contributed by atoms with Gasteiger partial charge in [-0.3, -0.25) is 4.79 Å². The average Bonchev–Trinajstić information content (AvgIpc) is 3.55. The van der Waals surface area contributed by atoms with Crippen molar-refractivity contribution >= 4 is 16.8 Å². The molecule has 1 amide bonds. The van der Waals surface area contributed by atoms with Gasteiger partial charge < -0.3 is 9.88 Å². The molecule has 0 spiro atoms. The number of benzene rings is 2. The van der Waals surface area contributed by atoms with E-state index in [0.29, 0.717) is 11.6 Å². The number of carbonyl (C=O) groups is 1. The highest BCUT2D eigenvalue weighted by molar-refractivity contribution is 5.94. The Morgan fingerprint density at radius 3 is 2.62 bits per heavy atom. The summed E-state index contributed by atoms with van der Waals surface area (Å²) < 4.78 is 15.2. The highest BCUT2D eigenvalue weighted by Gasteiger charge is 2.32. The first-order valence-corrected chi connectivity index (χ1v) is 11.4. The summed E-state index contributed by atoms with van der Waals surface area (Å²) in [5.41, 5.74) is 6.07. The third-order valence-corrected chi connectivity index (χ3v) is 7.05. The Morgan fingerprint density at radius 1 is 1.03 bits per heavy atom. The Balaban J connectivity index is 1.23. The number of H-pyrrole nitrogens is 1. The molecule has 2 aliphatic rings. The van der Waals surface area contributed by atoms with Crippen LogP contribution in [0.3, 0.4) is 0 Å². The van der Waals surface area contributed by atoms with E-state index in [4.69, 9.17) is 5.10 Å². The van der Waals surface area contributed by atoms with E-state index in [2.05, 4.69) is 29.4 Å². The second kappa shape index (κ2) is 7.62. The number of rotatable bonds is 3. The van der Waals surface area contributed by atoms with E-state index < -0.39 is 0 Å². The zero-order valence-electron chi connectivity index (χ0n) is 17.9. The summed E-state index contributed by atoms with van der Waals surface area (Å²) in [7, 11) is 0. The van der Waals surface area contributed by atoms with Gasteiger partial charge in [0.1, 0.15) is 5.82 Å². The second-order valence-corrected chi connectivity index (χ2v) is 8.87. The first kappa shape index (κ1) is 19.3. The van der Waals surface area contributed by atoms with Gasteiger partial charge in [0.05, 0.1) is 5.69 Å². The van der Waals surface area contributed by atoms with Crippen molar-refractivity contribution in [2.75, 3.05) is 13.1 Å². The fraction of sp³-hybridized carbons (Fsp3) is 0.308. The van der Waals surface area contributed by atoms with Crippen molar-refractivity contribution in [2.24, 2.45) is 0 Å². The predicted octanol–water partition coefficient (Wildman–Crippen LogP) is 5.00. The first-order valence-electron chi connectivity index (χ1n) is 11.4. The molecule has 0 radical (unpaired) electrons. The largest absolute Gasteiger partial charge is 0.361 e. The van der Waals surface area contributed by atoms with Gasteiger partial charge in [0.2, 0.25) is 0 Å². The van der Waals surface area contributed by atoms with Gasteiger partial charge >= 0.3 is 0 Å². The zero-order valence-corrected chi connectivity index (χ0v) is 17.9. The van der Waals surface area contributed by atoms with E-state index in [1.54, 1.807) is 12.1 Å². The summed E-state index contributed by atoms with van der Waals surface area (Å²) in [6, 6.07) is 14.7. The number of para-hydroxylation sites is 1. The highest BCUT2D eigenvalue weighted by Crippen LogP contribution is 2.34. The van der Waals surface area contributed by atoms with Crippen LogP contribution in [0.25, 0.3) is 16.6 Å². The van der Waals surface area contributed by atoms with Gasteiger partial charge in [-0.15, -0.1) is 0 Å². The van der Waals surface area contributed by atoms with Gasteiger partial charge in [-0.25, -0.2) is 9.07 Å². The fourth-order valence-corrected chi connectivity index (χ4v) is 5.38. The van der Waals surface area contributed by atoms with Crippen molar-refractivity contribution in [3.8, 4) is 5.69 Å². The molecule has 1 saturated heterocycles. The minimum Gasteiger partial charge on any atom is -0.361 e. The van der Waals surface area contributed by atoms with E-state index in [1.165, 1.54) is 28.6 Å². The molecule has 3 heterocycles. The summed E-state index contributed by atoms with van der Waals surface area (Å²) in [4.78, 5) is 18.8. The van der Waals surface area contributed by atoms with Crippen LogP contribution in [0.2, 0.25) is 0 Å². The Bertz CT molecular complexity index is 1300. The second-order valence-electron chi connectivity index (χ2n) is 8.87. The van der Waals surface area contributed by atoms with Gasteiger partial charge in [0.25, 0.3) is 5.91 Å². The van der Waals surface area contributed by atoms with Crippen molar-refractivity contribution in [3.05, 3.63) is 83.1 Å². The number of fused-ring (bicyclic) bond motifs is 2. The first-order chi connectivity index (χ1) is 15.7. The highest BCUT2D eigenvalue weighted by atomic mass is 19.1. The summed E-state index contributed by atoms with van der Waals surface area (Å²) in [6.45, 7) is 1.47. The monoisotopic (exact) mass is 428 g/mol. The minimum atomic E-state index is -0.271. The molecule has 0 unspecified atom stereocenters. The molecule has 162 valence electrons. The fourth-order valence-electron chi connectivity index (χ4n) is 5.38. The Morgan fingerprint density at radius 2 is 1.81 bits per heavy atom. The number of amides is 1. The third kappa shape index (κ3) is 3.13. The van der Waals surface area contributed by atoms with E-state index in [-0.39, 0.29) is 11.7 Å². The molecule has 1 N–H and O–H groups in total. The number of halogens is 1. The van der Waals surface area contributed by atoms with Gasteiger partial charge in [-0.05, 0) is 73.9 Å². The number of nitrogens with one attached hydrogen (secondary N) is 1. The van der Waals surface area contributed by atoms with Crippen LogP contribution in [0.15, 0.2) is 54.7 Å². The average molecular weight is 429 g/mol. The van der Waals surface area contributed by atoms with Crippen LogP contribution < -0.4 is 0 Å². The molecule has 5 nitrogen and oxygen atoms in total. The smallest absolute Gasteiger partial charge is 0.274 e. The quantitative estimate of drug-likeness (QED) is 0.499. The maximum Gasteiger partial charge on any atom is 0.274 e. The molecule has 1 aliphatic heterocycles. The summed E-state index contributed by atoms with van der Waals surface area (Å²) >= 11 is 0. The number of hydrogen-bond donors (Lipinski definition) is 1. The molecule has 0 bridgehead atoms. The van der Waals surface area contributed by atoms with Crippen LogP contribution in [-0.2, 0) is 12.8 Å². The maximum absolute atomic E-state index is 13.4. The molecule has 1 fully saturated rings. The predicted molar refractivity (Wildman–Crippen MR) is 122 cm³/mol. The number of piperidine rings is 1. The molecule has 0 saturated carbocycles. The number of aromatic amines is 1. The van der Waals surface area contributed by atoms with Crippen LogP contribution in [0.5, 0.6) is 0 Å². The van der Waals surface area contributed by atoms with E-state index in [1.807, 2.05) is 15.6 Å². The van der Waals surface area contributed by atoms with Crippen LogP contribution in [0, 0.1) is 5.82 Å². The molecule has 4 aromatic rings. The third-order valence-electron chi connectivity index (χ3n) is 7.05. The number of nitrogens with zero attached hydrogens (tertiary/aromatic N) is 3. The van der Waals surface area contributed by atoms with E-state index >= 15 is 0 Å². The number of likely N-dealkylation sites (tertiary alicyclic amines) is 1. The van der Waals surface area contributed by atoms with Crippen LogP contribution in [0.4, 0.5) is 4.39 Å². The standard InChI is InChI=1S/C26H25FN4O/c27-18-8-10-19(11-9-18)31-24-7-3-5-21(24)25(29-31)26(32)30-14-12-17(13-15-30)22-16-28-23-6-2-1-4-20(22)23/h1-2,4,6,8-11,16-17,28H,3,5,7,12-15H2. The Hall–Kier alpha value is -3.41. The lowest BCUT2D eigenvalue weighted by Crippen LogP contribution is -2.38. The van der Waals surface area contributed by atoms with E-state index in [0.717, 1.165) is 62.1 Å². The van der Waals surface area contributed by atoms with Crippen molar-refractivity contribution in [2.45, 2.75) is 38.0 Å². The summed E-state index contributed by atoms with van der Waals surface area (Å²) in [5, 5.41) is 6.00. The van der Waals surface area contributed by atoms with Gasteiger partial charge in [0.15, 0.2) is 5.69 Å². The summed E-state index contributed by atoms with van der Waals surface area (Å²) in [5.74, 6) is 0.214. The molecular formula is C26H25FN4O. The molecular weight excluding hydrogens is 403 g/mol. The van der Waals surface area contributed by atoms with Crippen molar-refractivity contribution in [1.82, 2.24) is 19.7 Å². The SMILES string of the molecule is O=C(c1nn(-c2ccc(F)cc2)c2c1CCC2)N1CCC(c2c[nH]c3ccccc23)CC1. The Labute approximate surface area is 185 Å². The zero-order chi connectivity index (χ0) is 21.7. The molecule has 32 heavy (non-hydrogen) atoms. The number of carbonyl (C=O) groups excluding carboxylic acids is 1. The lowest BCUT2D eigenvalue weighted by Gasteiger charge is -2.31. The minimum absolute atomic E-state index is 0.0291. The molecule has 6 heteroatoms. The normalized spacial score (nSPS) is 16.6. The van der Waals surface area contributed by atoms with Crippen LogP contribution >= 0.6 is 0 Å². The molecule has 1 aliphatic carbocycles. The lowest BCUT2D eigenvalue weighted by molar-refractivity contribution is 0.0705. The Kier molecular flexibility index (Phi) is 4.59. The van der Waals surface area contributed by atoms with E-state index in [9.17, 15) is 9.18 Å². The van der Waals surface area contributed by atoms with Gasteiger partial charge in [-0.2, -0.15) is 5.10 Å². The lowest BCUT2D eigenvalue weighted by atomic mass is 9.89. The van der Waals surface area contributed by atoms with Crippen molar-refractivity contribution in [1.29, 1.82) is 0 Å². The summed E-state index contributed by atoms with van der Waals surface area (Å²) in [6.07, 6.45) is 6.84. The number of aromatic nitrogens is 3. The van der Waals surface area contributed by atoms with Crippen LogP contribution in [-0.4, -0.2) is 38.7 Å².